The highest BCUT2D eigenvalue weighted by molar-refractivity contribution is 7.17. The molecule has 1 aliphatic rings. The number of carbonyl (C=O) groups is 1. The predicted molar refractivity (Wildman–Crippen MR) is 99.2 cm³/mol. The molecule has 138 valence electrons. The Labute approximate surface area is 152 Å². The van der Waals surface area contributed by atoms with Crippen molar-refractivity contribution in [3.05, 3.63) is 21.7 Å². The zero-order valence-electron chi connectivity index (χ0n) is 15.8. The van der Waals surface area contributed by atoms with Crippen molar-refractivity contribution in [1.82, 2.24) is 0 Å². The molecule has 0 spiro atoms. The maximum atomic E-state index is 15.0. The number of carbonyl (C=O) groups excluding carboxylic acids is 1. The first-order valence-electron chi connectivity index (χ1n) is 8.21. The predicted octanol–water partition coefficient (Wildman–Crippen LogP) is 4.15. The number of nitrogens with two attached hydrogens (primary N) is 1. The molecular weight excluding hydrogens is 344 g/mol. The first-order chi connectivity index (χ1) is 11.4. The van der Waals surface area contributed by atoms with Crippen molar-refractivity contribution in [2.75, 3.05) is 12.3 Å². The number of hydrogen-bond acceptors (Lipinski definition) is 6. The van der Waals surface area contributed by atoms with Crippen LogP contribution >= 0.6 is 11.3 Å². The van der Waals surface area contributed by atoms with E-state index in [0.29, 0.717) is 26.6 Å². The smallest absolute Gasteiger partial charge is 0.462 e. The molecule has 1 aromatic rings. The number of hydrogen-bond donors (Lipinski definition) is 1. The van der Waals surface area contributed by atoms with Gasteiger partial charge in [0.25, 0.3) is 0 Å². The summed E-state index contributed by atoms with van der Waals surface area (Å²) in [5.74, 6) is -0.496. The Morgan fingerprint density at radius 1 is 1.28 bits per heavy atom. The average Bonchev–Trinajstić information content (AvgIpc) is 2.90. The van der Waals surface area contributed by atoms with Crippen molar-refractivity contribution in [3.63, 3.8) is 0 Å². The van der Waals surface area contributed by atoms with Crippen LogP contribution in [0.3, 0.4) is 0 Å². The molecule has 0 aliphatic carbocycles. The van der Waals surface area contributed by atoms with Gasteiger partial charge in [0.05, 0.1) is 23.4 Å². The van der Waals surface area contributed by atoms with Crippen LogP contribution in [0.4, 0.5) is 9.39 Å². The number of anilines is 1. The second-order valence-electron chi connectivity index (χ2n) is 7.08. The highest BCUT2D eigenvalue weighted by Crippen LogP contribution is 2.42. The van der Waals surface area contributed by atoms with E-state index in [1.807, 2.05) is 27.7 Å². The summed E-state index contributed by atoms with van der Waals surface area (Å²) < 4.78 is 31.6. The third kappa shape index (κ3) is 3.48. The molecule has 0 bridgehead atoms. The molecule has 2 N–H and O–H groups in total. The van der Waals surface area contributed by atoms with Gasteiger partial charge >= 0.3 is 13.1 Å². The van der Waals surface area contributed by atoms with Gasteiger partial charge in [0.15, 0.2) is 0 Å². The number of halogens is 1. The highest BCUT2D eigenvalue weighted by atomic mass is 32.1. The van der Waals surface area contributed by atoms with Gasteiger partial charge in [-0.05, 0) is 59.6 Å². The van der Waals surface area contributed by atoms with E-state index in [9.17, 15) is 4.79 Å². The third-order valence-corrected chi connectivity index (χ3v) is 6.05. The van der Waals surface area contributed by atoms with Crippen LogP contribution < -0.4 is 5.73 Å². The third-order valence-electron chi connectivity index (χ3n) is 4.81. The minimum absolute atomic E-state index is 0.250. The van der Waals surface area contributed by atoms with Crippen LogP contribution in [-0.2, 0) is 14.0 Å². The lowest BCUT2D eigenvalue weighted by molar-refractivity contribution is 0.00578. The van der Waals surface area contributed by atoms with E-state index in [-0.39, 0.29) is 6.61 Å². The summed E-state index contributed by atoms with van der Waals surface area (Å²) in [4.78, 5) is 12.7. The molecule has 1 aromatic heterocycles. The largest absolute Gasteiger partial charge is 0.525 e. The summed E-state index contributed by atoms with van der Waals surface area (Å²) in [7, 11) is -1.08. The van der Waals surface area contributed by atoms with Crippen molar-refractivity contribution >= 4 is 35.0 Å². The highest BCUT2D eigenvalue weighted by Gasteiger charge is 2.53. The molecule has 0 unspecified atom stereocenters. The minimum atomic E-state index is -1.08. The molecule has 8 heteroatoms. The van der Waals surface area contributed by atoms with E-state index in [0.717, 1.165) is 11.3 Å². The van der Waals surface area contributed by atoms with E-state index in [1.165, 1.54) is 0 Å². The normalized spacial score (nSPS) is 19.8. The number of esters is 1. The Morgan fingerprint density at radius 2 is 1.80 bits per heavy atom. The summed E-state index contributed by atoms with van der Waals surface area (Å²) in [6.45, 7) is 12.8. The van der Waals surface area contributed by atoms with Crippen molar-refractivity contribution in [3.8, 4) is 0 Å². The Hall–Kier alpha value is -1.38. The second-order valence-corrected chi connectivity index (χ2v) is 8.13. The Balaban J connectivity index is 2.40. The van der Waals surface area contributed by atoms with Crippen LogP contribution in [0.15, 0.2) is 5.73 Å². The molecule has 1 fully saturated rings. The fraction of sp³-hybridized carbons (Fsp3) is 0.588. The summed E-state index contributed by atoms with van der Waals surface area (Å²) in [5, 5.41) is 0.312. The van der Waals surface area contributed by atoms with E-state index in [4.69, 9.17) is 19.8 Å². The van der Waals surface area contributed by atoms with E-state index in [2.05, 4.69) is 0 Å². The van der Waals surface area contributed by atoms with E-state index >= 15 is 4.39 Å². The van der Waals surface area contributed by atoms with Gasteiger partial charge in [-0.3, -0.25) is 0 Å². The Morgan fingerprint density at radius 3 is 2.28 bits per heavy atom. The molecule has 1 saturated heterocycles. The standard InChI is InChI=1S/C17H25BFNO4S/c1-8-22-15(21)11-9(2)12(25-14(11)20)10(3)13(19)18-23-16(4,5)17(6,7)24-18/h8,20H2,1-7H3. The molecule has 2 heterocycles. The van der Waals surface area contributed by atoms with Crippen molar-refractivity contribution in [2.24, 2.45) is 0 Å². The summed E-state index contributed by atoms with van der Waals surface area (Å²) in [6, 6.07) is 0. The number of allylic oxidation sites excluding steroid dienone is 1. The van der Waals surface area contributed by atoms with Crippen LogP contribution in [0.5, 0.6) is 0 Å². The number of rotatable bonds is 4. The van der Waals surface area contributed by atoms with Crippen LogP contribution in [0.25, 0.3) is 5.57 Å². The van der Waals surface area contributed by atoms with Crippen LogP contribution in [0.1, 0.15) is 62.3 Å². The molecule has 0 amide bonds. The van der Waals surface area contributed by atoms with Gasteiger partial charge in [0.2, 0.25) is 0 Å². The van der Waals surface area contributed by atoms with Gasteiger partial charge in [-0.2, -0.15) is 0 Å². The lowest BCUT2D eigenvalue weighted by atomic mass is 9.84. The second kappa shape index (κ2) is 6.74. The van der Waals surface area contributed by atoms with Gasteiger partial charge in [-0.25, -0.2) is 9.18 Å². The Kier molecular flexibility index (Phi) is 5.38. The first-order valence-corrected chi connectivity index (χ1v) is 9.02. The lowest BCUT2D eigenvalue weighted by Crippen LogP contribution is -2.41. The van der Waals surface area contributed by atoms with Crippen molar-refractivity contribution < 1.29 is 23.2 Å². The number of ether oxygens (including phenoxy) is 1. The first kappa shape index (κ1) is 19.9. The molecule has 2 rings (SSSR count). The van der Waals surface area contributed by atoms with E-state index in [1.54, 1.807) is 20.8 Å². The average molecular weight is 369 g/mol. The van der Waals surface area contributed by atoms with Gasteiger partial charge in [0, 0.05) is 4.88 Å². The van der Waals surface area contributed by atoms with Crippen LogP contribution in [-0.4, -0.2) is 30.9 Å². The summed E-state index contributed by atoms with van der Waals surface area (Å²) in [6.07, 6.45) is 0. The summed E-state index contributed by atoms with van der Waals surface area (Å²) >= 11 is 1.16. The van der Waals surface area contributed by atoms with Gasteiger partial charge in [0.1, 0.15) is 10.7 Å². The van der Waals surface area contributed by atoms with Crippen LogP contribution in [0, 0.1) is 6.92 Å². The molecule has 25 heavy (non-hydrogen) atoms. The summed E-state index contributed by atoms with van der Waals surface area (Å²) in [5.41, 5.74) is 5.43. The van der Waals surface area contributed by atoms with Gasteiger partial charge < -0.3 is 19.8 Å². The lowest BCUT2D eigenvalue weighted by Gasteiger charge is -2.32. The fourth-order valence-corrected chi connectivity index (χ4v) is 3.65. The maximum Gasteiger partial charge on any atom is 0.525 e. The molecule has 1 aliphatic heterocycles. The van der Waals surface area contributed by atoms with Crippen molar-refractivity contribution in [1.29, 1.82) is 0 Å². The Bertz CT molecular complexity index is 710. The van der Waals surface area contributed by atoms with Crippen molar-refractivity contribution in [2.45, 2.75) is 59.7 Å². The molecular formula is C17H25BFNO4S. The molecule has 0 radical (unpaired) electrons. The van der Waals surface area contributed by atoms with E-state index < -0.39 is 30.0 Å². The zero-order chi connectivity index (χ0) is 19.2. The molecule has 5 nitrogen and oxygen atoms in total. The maximum absolute atomic E-state index is 15.0. The topological polar surface area (TPSA) is 70.8 Å². The minimum Gasteiger partial charge on any atom is -0.462 e. The number of thiophene rings is 1. The van der Waals surface area contributed by atoms with Gasteiger partial charge in [-0.1, -0.05) is 0 Å². The molecule has 0 atom stereocenters. The monoisotopic (exact) mass is 369 g/mol. The molecule has 0 saturated carbocycles. The van der Waals surface area contributed by atoms with Crippen LogP contribution in [0.2, 0.25) is 0 Å². The number of nitrogen functional groups attached to an aromatic ring is 1. The fourth-order valence-electron chi connectivity index (χ4n) is 2.58. The SMILES string of the molecule is CCOC(=O)c1c(N)sc(C(C)=C(F)B2OC(C)(C)C(C)(C)O2)c1C. The molecule has 0 aromatic carbocycles. The quantitative estimate of drug-likeness (QED) is 0.638. The zero-order valence-corrected chi connectivity index (χ0v) is 16.6. The van der Waals surface area contributed by atoms with Gasteiger partial charge in [-0.15, -0.1) is 11.3 Å².